The standard InChI is InChI=1S/C16H20N2O2S/c1-10(2)13-6-5-11(3)7-14(13)20-8-15(19)18-16-12(4)17-9-21-16/h5-7,9-10H,8H2,1-4H3,(H,18,19). The minimum absolute atomic E-state index is 0.000509. The van der Waals surface area contributed by atoms with E-state index in [-0.39, 0.29) is 12.5 Å². The number of ether oxygens (including phenoxy) is 1. The molecule has 0 aliphatic rings. The summed E-state index contributed by atoms with van der Waals surface area (Å²) in [5.41, 5.74) is 4.77. The van der Waals surface area contributed by atoms with Gasteiger partial charge in [0, 0.05) is 0 Å². The Morgan fingerprint density at radius 1 is 1.38 bits per heavy atom. The summed E-state index contributed by atoms with van der Waals surface area (Å²) in [6.07, 6.45) is 0. The molecule has 0 spiro atoms. The van der Waals surface area contributed by atoms with Gasteiger partial charge in [-0.05, 0) is 37.0 Å². The zero-order valence-electron chi connectivity index (χ0n) is 12.8. The molecule has 2 aromatic rings. The second-order valence-corrected chi connectivity index (χ2v) is 6.15. The minimum Gasteiger partial charge on any atom is -0.483 e. The van der Waals surface area contributed by atoms with Gasteiger partial charge in [0.1, 0.15) is 10.8 Å². The third kappa shape index (κ3) is 4.04. The van der Waals surface area contributed by atoms with Crippen LogP contribution in [-0.2, 0) is 4.79 Å². The fourth-order valence-electron chi connectivity index (χ4n) is 1.97. The van der Waals surface area contributed by atoms with E-state index < -0.39 is 0 Å². The average molecular weight is 304 g/mol. The lowest BCUT2D eigenvalue weighted by Gasteiger charge is -2.14. The Morgan fingerprint density at radius 3 is 2.76 bits per heavy atom. The predicted octanol–water partition coefficient (Wildman–Crippen LogP) is 3.90. The van der Waals surface area contributed by atoms with Crippen LogP contribution in [-0.4, -0.2) is 17.5 Å². The van der Waals surface area contributed by atoms with Crippen LogP contribution in [0.1, 0.15) is 36.6 Å². The van der Waals surface area contributed by atoms with E-state index in [4.69, 9.17) is 4.74 Å². The van der Waals surface area contributed by atoms with Crippen molar-refractivity contribution in [2.75, 3.05) is 11.9 Å². The molecule has 0 radical (unpaired) electrons. The third-order valence-electron chi connectivity index (χ3n) is 3.15. The SMILES string of the molecule is Cc1ccc(C(C)C)c(OCC(=O)Nc2scnc2C)c1. The van der Waals surface area contributed by atoms with Crippen molar-refractivity contribution < 1.29 is 9.53 Å². The zero-order valence-corrected chi connectivity index (χ0v) is 13.6. The number of nitrogens with one attached hydrogen (secondary N) is 1. The Kier molecular flexibility index (Phi) is 4.96. The van der Waals surface area contributed by atoms with Gasteiger partial charge in [0.2, 0.25) is 0 Å². The van der Waals surface area contributed by atoms with Gasteiger partial charge in [-0.2, -0.15) is 0 Å². The normalized spacial score (nSPS) is 10.7. The number of amides is 1. The van der Waals surface area contributed by atoms with Crippen molar-refractivity contribution in [2.24, 2.45) is 0 Å². The first-order valence-electron chi connectivity index (χ1n) is 6.90. The summed E-state index contributed by atoms with van der Waals surface area (Å²) in [6, 6.07) is 6.09. The van der Waals surface area contributed by atoms with E-state index in [0.29, 0.717) is 5.92 Å². The van der Waals surface area contributed by atoms with Crippen LogP contribution in [0.3, 0.4) is 0 Å². The summed E-state index contributed by atoms with van der Waals surface area (Å²) < 4.78 is 5.70. The first-order valence-corrected chi connectivity index (χ1v) is 7.78. The first kappa shape index (κ1) is 15.5. The highest BCUT2D eigenvalue weighted by atomic mass is 32.1. The number of hydrogen-bond acceptors (Lipinski definition) is 4. The molecule has 1 amide bonds. The highest BCUT2D eigenvalue weighted by Crippen LogP contribution is 2.27. The maximum atomic E-state index is 11.9. The van der Waals surface area contributed by atoms with Crippen LogP contribution >= 0.6 is 11.3 Å². The minimum atomic E-state index is -0.168. The van der Waals surface area contributed by atoms with Crippen molar-refractivity contribution >= 4 is 22.2 Å². The molecule has 5 heteroatoms. The fourth-order valence-corrected chi connectivity index (χ4v) is 2.68. The van der Waals surface area contributed by atoms with Crippen LogP contribution < -0.4 is 10.1 Å². The molecule has 21 heavy (non-hydrogen) atoms. The highest BCUT2D eigenvalue weighted by molar-refractivity contribution is 7.14. The van der Waals surface area contributed by atoms with Gasteiger partial charge in [0.05, 0.1) is 11.2 Å². The predicted molar refractivity (Wildman–Crippen MR) is 86.2 cm³/mol. The molecule has 2 rings (SSSR count). The molecule has 0 bridgehead atoms. The van der Waals surface area contributed by atoms with Crippen LogP contribution in [0.2, 0.25) is 0 Å². The number of carbonyl (C=O) groups excluding carboxylic acids is 1. The molecule has 4 nitrogen and oxygen atoms in total. The van der Waals surface area contributed by atoms with E-state index >= 15 is 0 Å². The van der Waals surface area contributed by atoms with Gasteiger partial charge in [0.25, 0.3) is 5.91 Å². The van der Waals surface area contributed by atoms with Gasteiger partial charge >= 0.3 is 0 Å². The van der Waals surface area contributed by atoms with Crippen LogP contribution in [0.4, 0.5) is 5.00 Å². The molecular weight excluding hydrogens is 284 g/mol. The first-order chi connectivity index (χ1) is 9.97. The van der Waals surface area contributed by atoms with E-state index in [1.165, 1.54) is 11.3 Å². The number of benzene rings is 1. The zero-order chi connectivity index (χ0) is 15.4. The summed E-state index contributed by atoms with van der Waals surface area (Å²) >= 11 is 1.41. The van der Waals surface area contributed by atoms with Crippen molar-refractivity contribution in [1.29, 1.82) is 0 Å². The summed E-state index contributed by atoms with van der Waals surface area (Å²) in [6.45, 7) is 8.10. The quantitative estimate of drug-likeness (QED) is 0.911. The maximum Gasteiger partial charge on any atom is 0.262 e. The smallest absolute Gasteiger partial charge is 0.262 e. The van der Waals surface area contributed by atoms with E-state index in [0.717, 1.165) is 27.6 Å². The third-order valence-corrected chi connectivity index (χ3v) is 3.99. The van der Waals surface area contributed by atoms with Gasteiger partial charge in [0.15, 0.2) is 6.61 Å². The lowest BCUT2D eigenvalue weighted by Crippen LogP contribution is -2.20. The molecular formula is C16H20N2O2S. The molecule has 1 heterocycles. The number of anilines is 1. The van der Waals surface area contributed by atoms with E-state index in [1.54, 1.807) is 5.51 Å². The summed E-state index contributed by atoms with van der Waals surface area (Å²) in [7, 11) is 0. The lowest BCUT2D eigenvalue weighted by molar-refractivity contribution is -0.118. The summed E-state index contributed by atoms with van der Waals surface area (Å²) in [4.78, 5) is 16.0. The van der Waals surface area contributed by atoms with Crippen LogP contribution in [0.15, 0.2) is 23.7 Å². The number of rotatable bonds is 5. The van der Waals surface area contributed by atoms with Crippen molar-refractivity contribution in [3.05, 3.63) is 40.5 Å². The van der Waals surface area contributed by atoms with Crippen molar-refractivity contribution in [2.45, 2.75) is 33.6 Å². The van der Waals surface area contributed by atoms with Gasteiger partial charge < -0.3 is 10.1 Å². The van der Waals surface area contributed by atoms with Gasteiger partial charge in [-0.3, -0.25) is 4.79 Å². The summed E-state index contributed by atoms with van der Waals surface area (Å²) in [5.74, 6) is 0.965. The van der Waals surface area contributed by atoms with Gasteiger partial charge in [-0.25, -0.2) is 4.98 Å². The monoisotopic (exact) mass is 304 g/mol. The number of nitrogens with zero attached hydrogens (tertiary/aromatic N) is 1. The molecule has 0 saturated heterocycles. The number of carbonyl (C=O) groups is 1. The molecule has 0 fully saturated rings. The molecule has 0 unspecified atom stereocenters. The molecule has 0 atom stereocenters. The van der Waals surface area contributed by atoms with E-state index in [2.05, 4.69) is 36.3 Å². The molecule has 1 aromatic carbocycles. The van der Waals surface area contributed by atoms with E-state index in [9.17, 15) is 4.79 Å². The Labute approximate surface area is 129 Å². The topological polar surface area (TPSA) is 51.2 Å². The Balaban J connectivity index is 2.01. The van der Waals surface area contributed by atoms with Crippen molar-refractivity contribution in [3.8, 4) is 5.75 Å². The lowest BCUT2D eigenvalue weighted by atomic mass is 10.0. The van der Waals surface area contributed by atoms with Gasteiger partial charge in [-0.1, -0.05) is 26.0 Å². The second-order valence-electron chi connectivity index (χ2n) is 5.30. The molecule has 0 aliphatic carbocycles. The van der Waals surface area contributed by atoms with Crippen LogP contribution in [0.25, 0.3) is 0 Å². The van der Waals surface area contributed by atoms with Crippen molar-refractivity contribution in [1.82, 2.24) is 4.98 Å². The molecule has 112 valence electrons. The van der Waals surface area contributed by atoms with Crippen LogP contribution in [0.5, 0.6) is 5.75 Å². The molecule has 1 aromatic heterocycles. The molecule has 0 saturated carbocycles. The summed E-state index contributed by atoms with van der Waals surface area (Å²) in [5, 5.41) is 3.59. The van der Waals surface area contributed by atoms with Gasteiger partial charge in [-0.15, -0.1) is 11.3 Å². The Hall–Kier alpha value is -1.88. The van der Waals surface area contributed by atoms with E-state index in [1.807, 2.05) is 19.9 Å². The number of thiazole rings is 1. The second kappa shape index (κ2) is 6.72. The number of hydrogen-bond donors (Lipinski definition) is 1. The largest absolute Gasteiger partial charge is 0.483 e. The highest BCUT2D eigenvalue weighted by Gasteiger charge is 2.11. The van der Waals surface area contributed by atoms with Crippen LogP contribution in [0, 0.1) is 13.8 Å². The fraction of sp³-hybridized carbons (Fsp3) is 0.375. The molecule has 0 aliphatic heterocycles. The Bertz CT molecular complexity index is 635. The Morgan fingerprint density at radius 2 is 2.14 bits per heavy atom. The number of aromatic nitrogens is 1. The van der Waals surface area contributed by atoms with Crippen molar-refractivity contribution in [3.63, 3.8) is 0 Å². The average Bonchev–Trinajstić information content (AvgIpc) is 2.81. The number of aryl methyl sites for hydroxylation is 2. The maximum absolute atomic E-state index is 11.9. The molecule has 1 N–H and O–H groups in total.